The Morgan fingerprint density at radius 1 is 0.971 bits per heavy atom. The van der Waals surface area contributed by atoms with Gasteiger partial charge in [0.05, 0.1) is 0 Å². The number of carbonyl (C=O) groups excluding carboxylic acids is 2. The van der Waals surface area contributed by atoms with Crippen LogP contribution in [0.1, 0.15) is 28.7 Å². The number of nitrogens with one attached hydrogen (secondary N) is 1. The second-order valence-electron chi connectivity index (χ2n) is 8.83. The van der Waals surface area contributed by atoms with Gasteiger partial charge in [-0.25, -0.2) is 4.98 Å². The fraction of sp³-hybridized carbons (Fsp3) is 0.360. The first-order valence-electron chi connectivity index (χ1n) is 11.6. The quantitative estimate of drug-likeness (QED) is 0.646. The Kier molecular flexibility index (Phi) is 5.69. The monoisotopic (exact) mass is 459 g/mol. The van der Waals surface area contributed by atoms with Gasteiger partial charge in [-0.2, -0.15) is 4.98 Å². The van der Waals surface area contributed by atoms with Crippen LogP contribution in [0.25, 0.3) is 0 Å². The molecule has 2 aromatic heterocycles. The summed E-state index contributed by atoms with van der Waals surface area (Å²) in [5.74, 6) is 1.14. The highest BCUT2D eigenvalue weighted by molar-refractivity contribution is 6.06. The molecule has 3 aromatic rings. The Morgan fingerprint density at radius 3 is 2.41 bits per heavy atom. The zero-order chi connectivity index (χ0) is 23.8. The molecule has 176 valence electrons. The number of aromatic nitrogens is 3. The van der Waals surface area contributed by atoms with E-state index in [1.165, 1.54) is 0 Å². The number of anilines is 4. The molecule has 34 heavy (non-hydrogen) atoms. The van der Waals surface area contributed by atoms with Gasteiger partial charge in [0, 0.05) is 69.5 Å². The van der Waals surface area contributed by atoms with Crippen LogP contribution in [0.3, 0.4) is 0 Å². The van der Waals surface area contributed by atoms with Gasteiger partial charge in [-0.05, 0) is 55.8 Å². The van der Waals surface area contributed by atoms with Gasteiger partial charge in [0.1, 0.15) is 11.5 Å². The van der Waals surface area contributed by atoms with Crippen molar-refractivity contribution in [2.24, 2.45) is 0 Å². The van der Waals surface area contributed by atoms with E-state index in [0.29, 0.717) is 18.3 Å². The van der Waals surface area contributed by atoms with E-state index in [1.54, 1.807) is 24.1 Å². The zero-order valence-corrected chi connectivity index (χ0v) is 19.8. The number of benzene rings is 1. The molecule has 9 nitrogen and oxygen atoms in total. The maximum Gasteiger partial charge on any atom is 0.276 e. The van der Waals surface area contributed by atoms with Gasteiger partial charge in [0.2, 0.25) is 11.9 Å². The molecular weight excluding hydrogens is 430 g/mol. The maximum absolute atomic E-state index is 13.2. The number of hydrogen-bond donors (Lipinski definition) is 1. The van der Waals surface area contributed by atoms with Crippen LogP contribution < -0.4 is 15.1 Å². The van der Waals surface area contributed by atoms with E-state index in [-0.39, 0.29) is 11.8 Å². The van der Waals surface area contributed by atoms with Crippen LogP contribution in [0, 0.1) is 13.8 Å². The first-order chi connectivity index (χ1) is 16.4. The zero-order valence-electron chi connectivity index (χ0n) is 19.8. The van der Waals surface area contributed by atoms with E-state index in [0.717, 1.165) is 61.0 Å². The van der Waals surface area contributed by atoms with E-state index >= 15 is 0 Å². The van der Waals surface area contributed by atoms with Crippen LogP contribution in [-0.2, 0) is 11.3 Å². The molecule has 2 aliphatic rings. The number of nitrogens with zero attached hydrogens (tertiary/aromatic N) is 6. The molecule has 0 bridgehead atoms. The Labute approximate surface area is 199 Å². The minimum Gasteiger partial charge on any atom is -0.368 e. The first-order valence-corrected chi connectivity index (χ1v) is 11.6. The van der Waals surface area contributed by atoms with E-state index < -0.39 is 0 Å². The molecule has 0 unspecified atom stereocenters. The van der Waals surface area contributed by atoms with Crippen molar-refractivity contribution in [2.45, 2.75) is 27.3 Å². The highest BCUT2D eigenvalue weighted by Gasteiger charge is 2.29. The Hall–Kier alpha value is -3.88. The average molecular weight is 460 g/mol. The van der Waals surface area contributed by atoms with Crippen LogP contribution in [0.5, 0.6) is 0 Å². The fourth-order valence-electron chi connectivity index (χ4n) is 4.79. The summed E-state index contributed by atoms with van der Waals surface area (Å²) in [6, 6.07) is 11.9. The highest BCUT2D eigenvalue weighted by atomic mass is 16.2. The third kappa shape index (κ3) is 4.09. The number of piperazine rings is 1. The number of carbonyl (C=O) groups is 2. The van der Waals surface area contributed by atoms with Gasteiger partial charge in [0.15, 0.2) is 0 Å². The summed E-state index contributed by atoms with van der Waals surface area (Å²) < 4.78 is 2.08. The molecule has 0 atom stereocenters. The Balaban J connectivity index is 1.27. The topological polar surface area (TPSA) is 86.6 Å². The van der Waals surface area contributed by atoms with Crippen LogP contribution >= 0.6 is 0 Å². The summed E-state index contributed by atoms with van der Waals surface area (Å²) in [4.78, 5) is 39.5. The van der Waals surface area contributed by atoms with Gasteiger partial charge < -0.3 is 19.7 Å². The van der Waals surface area contributed by atoms with Crippen LogP contribution in [-0.4, -0.2) is 64.0 Å². The van der Waals surface area contributed by atoms with Crippen LogP contribution in [0.4, 0.5) is 23.1 Å². The number of amides is 2. The van der Waals surface area contributed by atoms with Crippen LogP contribution in [0.15, 0.2) is 42.6 Å². The summed E-state index contributed by atoms with van der Waals surface area (Å²) in [7, 11) is 0. The number of rotatable bonds is 4. The highest BCUT2D eigenvalue weighted by Crippen LogP contribution is 2.26. The fourth-order valence-corrected chi connectivity index (χ4v) is 4.79. The Morgan fingerprint density at radius 2 is 1.71 bits per heavy atom. The van der Waals surface area contributed by atoms with Crippen molar-refractivity contribution in [3.63, 3.8) is 0 Å². The SMILES string of the molecule is CC(=O)N1CCN(c2ccc(Nc3nccc(N4CCn5c(C)cc(C)c5C4=O)n3)cc2)CC1. The lowest BCUT2D eigenvalue weighted by Gasteiger charge is -2.35. The molecule has 2 aliphatic heterocycles. The number of hydrogen-bond acceptors (Lipinski definition) is 6. The van der Waals surface area contributed by atoms with E-state index in [1.807, 2.05) is 30.9 Å². The molecule has 0 radical (unpaired) electrons. The predicted molar refractivity (Wildman–Crippen MR) is 132 cm³/mol. The summed E-state index contributed by atoms with van der Waals surface area (Å²) >= 11 is 0. The summed E-state index contributed by atoms with van der Waals surface area (Å²) in [5.41, 5.74) is 4.82. The molecule has 4 heterocycles. The molecule has 0 saturated carbocycles. The van der Waals surface area contributed by atoms with Crippen molar-refractivity contribution in [1.82, 2.24) is 19.4 Å². The summed E-state index contributed by atoms with van der Waals surface area (Å²) in [5, 5.41) is 3.25. The maximum atomic E-state index is 13.2. The second kappa shape index (κ2) is 8.81. The molecule has 0 aliphatic carbocycles. The van der Waals surface area contributed by atoms with Crippen molar-refractivity contribution >= 4 is 35.0 Å². The minimum absolute atomic E-state index is 0.0317. The molecule has 0 spiro atoms. The van der Waals surface area contributed by atoms with Gasteiger partial charge >= 0.3 is 0 Å². The summed E-state index contributed by atoms with van der Waals surface area (Å²) in [6.07, 6.45) is 1.67. The number of aryl methyl sites for hydroxylation is 2. The predicted octanol–water partition coefficient (Wildman–Crippen LogP) is 2.97. The van der Waals surface area contributed by atoms with Crippen molar-refractivity contribution in [3.8, 4) is 0 Å². The third-order valence-electron chi connectivity index (χ3n) is 6.62. The molecule has 1 saturated heterocycles. The second-order valence-corrected chi connectivity index (χ2v) is 8.83. The molecular formula is C25H29N7O2. The van der Waals surface area contributed by atoms with Gasteiger partial charge in [0.25, 0.3) is 5.91 Å². The van der Waals surface area contributed by atoms with Gasteiger partial charge in [-0.15, -0.1) is 0 Å². The van der Waals surface area contributed by atoms with Crippen molar-refractivity contribution in [3.05, 3.63) is 59.5 Å². The van der Waals surface area contributed by atoms with Crippen molar-refractivity contribution in [1.29, 1.82) is 0 Å². The Bertz CT molecular complexity index is 1230. The normalized spacial score (nSPS) is 16.0. The lowest BCUT2D eigenvalue weighted by Crippen LogP contribution is -2.48. The summed E-state index contributed by atoms with van der Waals surface area (Å²) in [6.45, 7) is 10.1. The molecule has 5 rings (SSSR count). The molecule has 1 aromatic carbocycles. The minimum atomic E-state index is -0.0317. The lowest BCUT2D eigenvalue weighted by atomic mass is 10.2. The average Bonchev–Trinajstić information content (AvgIpc) is 3.14. The molecule has 1 fully saturated rings. The van der Waals surface area contributed by atoms with Gasteiger partial charge in [-0.1, -0.05) is 0 Å². The van der Waals surface area contributed by atoms with Crippen LogP contribution in [0.2, 0.25) is 0 Å². The third-order valence-corrected chi connectivity index (χ3v) is 6.62. The molecule has 2 amide bonds. The van der Waals surface area contributed by atoms with E-state index in [4.69, 9.17) is 0 Å². The van der Waals surface area contributed by atoms with E-state index in [2.05, 4.69) is 43.0 Å². The van der Waals surface area contributed by atoms with Crippen molar-refractivity contribution in [2.75, 3.05) is 47.8 Å². The largest absolute Gasteiger partial charge is 0.368 e. The number of fused-ring (bicyclic) bond motifs is 1. The van der Waals surface area contributed by atoms with E-state index in [9.17, 15) is 9.59 Å². The lowest BCUT2D eigenvalue weighted by molar-refractivity contribution is -0.129. The molecule has 9 heteroatoms. The smallest absolute Gasteiger partial charge is 0.276 e. The van der Waals surface area contributed by atoms with Gasteiger partial charge in [-0.3, -0.25) is 14.5 Å². The van der Waals surface area contributed by atoms with Crippen molar-refractivity contribution < 1.29 is 9.59 Å². The molecule has 1 N–H and O–H groups in total. The standard InChI is InChI=1S/C25H29N7O2/c1-17-16-18(2)31-14-15-32(24(34)23(17)31)22-8-9-26-25(28-22)27-20-4-6-21(7-5-20)30-12-10-29(11-13-30)19(3)33/h4-9,16H,10-15H2,1-3H3,(H,26,27,28). The first kappa shape index (κ1) is 21.9.